The van der Waals surface area contributed by atoms with Crippen molar-refractivity contribution in [3.8, 4) is 0 Å². The van der Waals surface area contributed by atoms with Crippen molar-refractivity contribution in [2.24, 2.45) is 10.7 Å². The summed E-state index contributed by atoms with van der Waals surface area (Å²) in [6.45, 7) is 11.9. The predicted molar refractivity (Wildman–Crippen MR) is 116 cm³/mol. The number of nitrogens with zero attached hydrogens (tertiary/aromatic N) is 1. The van der Waals surface area contributed by atoms with E-state index in [2.05, 4.69) is 60.4 Å². The van der Waals surface area contributed by atoms with Crippen molar-refractivity contribution in [1.82, 2.24) is 5.32 Å². The van der Waals surface area contributed by atoms with Crippen LogP contribution in [0.1, 0.15) is 37.8 Å². The van der Waals surface area contributed by atoms with Crippen LogP contribution >= 0.6 is 11.8 Å². The SMILES string of the molecule is C=C(N)c1ccc(C)cc1S/C=C1\NCC(C)=C\C1=C\CCCN=CC. The Kier molecular flexibility index (Phi) is 7.79. The molecule has 0 atom stereocenters. The first-order valence-electron chi connectivity index (χ1n) is 8.99. The number of hydrogen-bond acceptors (Lipinski definition) is 4. The molecule has 1 aliphatic heterocycles. The first-order chi connectivity index (χ1) is 12.5. The monoisotopic (exact) mass is 367 g/mol. The van der Waals surface area contributed by atoms with Crippen LogP contribution in [-0.4, -0.2) is 19.3 Å². The van der Waals surface area contributed by atoms with E-state index in [4.69, 9.17) is 5.73 Å². The van der Waals surface area contributed by atoms with Crippen LogP contribution in [0, 0.1) is 6.92 Å². The molecule has 1 aromatic rings. The Balaban J connectivity index is 2.18. The smallest absolute Gasteiger partial charge is 0.0480 e. The third-order valence-electron chi connectivity index (χ3n) is 4.10. The van der Waals surface area contributed by atoms with Gasteiger partial charge in [0.05, 0.1) is 0 Å². The van der Waals surface area contributed by atoms with Crippen LogP contribution < -0.4 is 11.1 Å². The van der Waals surface area contributed by atoms with E-state index in [0.717, 1.165) is 42.1 Å². The lowest BCUT2D eigenvalue weighted by Crippen LogP contribution is -2.21. The third kappa shape index (κ3) is 5.95. The first-order valence-corrected chi connectivity index (χ1v) is 9.87. The van der Waals surface area contributed by atoms with Crippen molar-refractivity contribution in [3.05, 3.63) is 70.3 Å². The maximum absolute atomic E-state index is 5.95. The van der Waals surface area contributed by atoms with Crippen LogP contribution in [0.25, 0.3) is 5.70 Å². The van der Waals surface area contributed by atoms with E-state index in [9.17, 15) is 0 Å². The Morgan fingerprint density at radius 1 is 1.38 bits per heavy atom. The zero-order valence-corrected chi connectivity index (χ0v) is 16.8. The molecule has 26 heavy (non-hydrogen) atoms. The van der Waals surface area contributed by atoms with E-state index >= 15 is 0 Å². The topological polar surface area (TPSA) is 50.4 Å². The molecule has 0 unspecified atom stereocenters. The standard InChI is InChI=1S/C22H29N3S/c1-5-24-11-7-6-8-19-12-17(3)14-25-21(19)15-26-22-13-16(2)9-10-20(22)18(4)23/h5,8-10,12-13,15,25H,4,6-7,11,14,23H2,1-3H3/b19-8-,21-15-,24-5?. The molecule has 0 aromatic heterocycles. The molecule has 3 nitrogen and oxygen atoms in total. The maximum Gasteiger partial charge on any atom is 0.0480 e. The molecule has 0 saturated heterocycles. The second-order valence-electron chi connectivity index (χ2n) is 6.48. The van der Waals surface area contributed by atoms with Crippen LogP contribution in [-0.2, 0) is 0 Å². The van der Waals surface area contributed by atoms with Gasteiger partial charge in [-0.1, -0.05) is 48.2 Å². The average molecular weight is 368 g/mol. The normalized spacial score (nSPS) is 17.6. The number of aryl methyl sites for hydroxylation is 1. The van der Waals surface area contributed by atoms with Crippen LogP contribution in [0.4, 0.5) is 0 Å². The van der Waals surface area contributed by atoms with Gasteiger partial charge in [0.25, 0.3) is 0 Å². The van der Waals surface area contributed by atoms with Crippen molar-refractivity contribution in [2.75, 3.05) is 13.1 Å². The number of aliphatic imine (C=N–C) groups is 1. The minimum absolute atomic E-state index is 0.602. The highest BCUT2D eigenvalue weighted by molar-refractivity contribution is 8.02. The number of hydrogen-bond donors (Lipinski definition) is 2. The van der Waals surface area contributed by atoms with Gasteiger partial charge in [0, 0.05) is 34.9 Å². The lowest BCUT2D eigenvalue weighted by atomic mass is 10.0. The number of allylic oxidation sites excluding steroid dienone is 2. The summed E-state index contributed by atoms with van der Waals surface area (Å²) in [4.78, 5) is 5.41. The zero-order valence-electron chi connectivity index (χ0n) is 16.0. The summed E-state index contributed by atoms with van der Waals surface area (Å²) in [5, 5.41) is 5.71. The Labute approximate surface area is 161 Å². The molecule has 0 fully saturated rings. The largest absolute Gasteiger partial charge is 0.399 e. The molecule has 2 rings (SSSR count). The van der Waals surface area contributed by atoms with Crippen molar-refractivity contribution in [3.63, 3.8) is 0 Å². The highest BCUT2D eigenvalue weighted by Crippen LogP contribution is 2.30. The van der Waals surface area contributed by atoms with Gasteiger partial charge < -0.3 is 11.1 Å². The number of thioether (sulfide) groups is 1. The van der Waals surface area contributed by atoms with Crippen molar-refractivity contribution in [2.45, 2.75) is 38.5 Å². The van der Waals surface area contributed by atoms with Crippen molar-refractivity contribution >= 4 is 23.7 Å². The van der Waals surface area contributed by atoms with E-state index in [1.165, 1.54) is 16.7 Å². The van der Waals surface area contributed by atoms with Crippen molar-refractivity contribution in [1.29, 1.82) is 0 Å². The fraction of sp³-hybridized carbons (Fsp3) is 0.318. The van der Waals surface area contributed by atoms with Crippen LogP contribution in [0.15, 0.2) is 69.1 Å². The Hall–Kier alpha value is -2.20. The van der Waals surface area contributed by atoms with E-state index in [0.29, 0.717) is 5.70 Å². The molecule has 138 valence electrons. The lowest BCUT2D eigenvalue weighted by Gasteiger charge is -2.19. The lowest BCUT2D eigenvalue weighted by molar-refractivity contribution is 0.833. The van der Waals surface area contributed by atoms with Gasteiger partial charge >= 0.3 is 0 Å². The average Bonchev–Trinajstić information content (AvgIpc) is 2.60. The van der Waals surface area contributed by atoms with Gasteiger partial charge in [-0.3, -0.25) is 4.99 Å². The van der Waals surface area contributed by atoms with Crippen LogP contribution in [0.3, 0.4) is 0 Å². The highest BCUT2D eigenvalue weighted by Gasteiger charge is 2.10. The summed E-state index contributed by atoms with van der Waals surface area (Å²) >= 11 is 1.69. The molecule has 4 heteroatoms. The molecular weight excluding hydrogens is 338 g/mol. The van der Waals surface area contributed by atoms with Gasteiger partial charge in [0.1, 0.15) is 0 Å². The molecular formula is C22H29N3S. The molecule has 0 amide bonds. The molecule has 0 aliphatic carbocycles. The van der Waals surface area contributed by atoms with E-state index in [1.54, 1.807) is 11.8 Å². The molecule has 0 spiro atoms. The third-order valence-corrected chi connectivity index (χ3v) is 5.04. The molecule has 3 N–H and O–H groups in total. The van der Waals surface area contributed by atoms with Crippen molar-refractivity contribution < 1.29 is 0 Å². The summed E-state index contributed by atoms with van der Waals surface area (Å²) in [5.74, 6) is 0. The molecule has 1 heterocycles. The van der Waals surface area contributed by atoms with Crippen LogP contribution in [0.5, 0.6) is 0 Å². The van der Waals surface area contributed by atoms with Gasteiger partial charge in [0.15, 0.2) is 0 Å². The van der Waals surface area contributed by atoms with E-state index in [-0.39, 0.29) is 0 Å². The minimum atomic E-state index is 0.602. The quantitative estimate of drug-likeness (QED) is 0.395. The molecule has 1 aliphatic rings. The Bertz CT molecular complexity index is 770. The summed E-state index contributed by atoms with van der Waals surface area (Å²) in [7, 11) is 0. The number of nitrogens with one attached hydrogen (secondary N) is 1. The fourth-order valence-electron chi connectivity index (χ4n) is 2.69. The first kappa shape index (κ1) is 20.1. The van der Waals surface area contributed by atoms with Gasteiger partial charge in [-0.25, -0.2) is 0 Å². The molecule has 1 aromatic carbocycles. The Morgan fingerprint density at radius 2 is 2.19 bits per heavy atom. The van der Waals surface area contributed by atoms with E-state index in [1.807, 2.05) is 19.2 Å². The number of rotatable bonds is 7. The van der Waals surface area contributed by atoms with Gasteiger partial charge in [-0.2, -0.15) is 0 Å². The van der Waals surface area contributed by atoms with Crippen LogP contribution in [0.2, 0.25) is 0 Å². The van der Waals surface area contributed by atoms with Gasteiger partial charge in [-0.05, 0) is 62.4 Å². The minimum Gasteiger partial charge on any atom is -0.399 e. The predicted octanol–water partition coefficient (Wildman–Crippen LogP) is 5.20. The molecule has 0 bridgehead atoms. The highest BCUT2D eigenvalue weighted by atomic mass is 32.2. The Morgan fingerprint density at radius 3 is 2.92 bits per heavy atom. The van der Waals surface area contributed by atoms with Gasteiger partial charge in [0.2, 0.25) is 0 Å². The van der Waals surface area contributed by atoms with E-state index < -0.39 is 0 Å². The fourth-order valence-corrected chi connectivity index (χ4v) is 3.74. The summed E-state index contributed by atoms with van der Waals surface area (Å²) in [5.41, 5.74) is 12.5. The number of nitrogens with two attached hydrogens (primary N) is 1. The number of unbranched alkanes of at least 4 members (excludes halogenated alkanes) is 1. The zero-order chi connectivity index (χ0) is 18.9. The number of benzene rings is 1. The molecule has 0 radical (unpaired) electrons. The summed E-state index contributed by atoms with van der Waals surface area (Å²) in [6.07, 6.45) is 8.52. The summed E-state index contributed by atoms with van der Waals surface area (Å²) in [6, 6.07) is 6.27. The van der Waals surface area contributed by atoms with Gasteiger partial charge in [-0.15, -0.1) is 0 Å². The molecule has 0 saturated carbocycles. The maximum atomic E-state index is 5.95. The second kappa shape index (κ2) is 10.1. The second-order valence-corrected chi connectivity index (χ2v) is 7.40. The summed E-state index contributed by atoms with van der Waals surface area (Å²) < 4.78 is 0.